The monoisotopic (exact) mass is 190 g/mol. The predicted octanol–water partition coefficient (Wildman–Crippen LogP) is 0.700. The van der Waals surface area contributed by atoms with Crippen LogP contribution >= 0.6 is 0 Å². The zero-order valence-corrected chi connectivity index (χ0v) is 8.10. The van der Waals surface area contributed by atoms with E-state index in [1.807, 2.05) is 0 Å². The maximum Gasteiger partial charge on any atom is 0.236 e. The Morgan fingerprint density at radius 1 is 1.29 bits per heavy atom. The summed E-state index contributed by atoms with van der Waals surface area (Å²) in [5.74, 6) is 0.196. The first-order valence-corrected chi connectivity index (χ1v) is 5.26. The Kier molecular flexibility index (Phi) is 1.59. The molecule has 74 valence electrons. The van der Waals surface area contributed by atoms with Crippen LogP contribution in [0.3, 0.4) is 0 Å². The van der Waals surface area contributed by atoms with Crippen LogP contribution in [0.1, 0.15) is 19.3 Å². The molecule has 3 aliphatic rings. The van der Waals surface area contributed by atoms with Gasteiger partial charge in [-0.1, -0.05) is 12.2 Å². The zero-order valence-electron chi connectivity index (χ0n) is 8.10. The minimum absolute atomic E-state index is 0.196. The van der Waals surface area contributed by atoms with Gasteiger partial charge in [-0.05, 0) is 31.4 Å². The average molecular weight is 190 g/mol. The fourth-order valence-electron chi connectivity index (χ4n) is 2.73. The number of hydrogen-bond donors (Lipinski definition) is 2. The summed E-state index contributed by atoms with van der Waals surface area (Å²) in [7, 11) is 0. The van der Waals surface area contributed by atoms with E-state index in [4.69, 9.17) is 0 Å². The van der Waals surface area contributed by atoms with Gasteiger partial charge in [-0.2, -0.15) is 0 Å². The summed E-state index contributed by atoms with van der Waals surface area (Å²) in [6, 6.07) is 0. The van der Waals surface area contributed by atoms with Gasteiger partial charge in [0, 0.05) is 12.2 Å². The number of hydrogen-bond acceptors (Lipinski definition) is 2. The topological polar surface area (TPSA) is 41.1 Å². The van der Waals surface area contributed by atoms with Crippen LogP contribution in [0, 0.1) is 5.41 Å². The lowest BCUT2D eigenvalue weighted by atomic mass is 9.78. The summed E-state index contributed by atoms with van der Waals surface area (Å²) in [5.41, 5.74) is 2.09. The van der Waals surface area contributed by atoms with E-state index < -0.39 is 0 Å². The van der Waals surface area contributed by atoms with E-state index in [-0.39, 0.29) is 11.3 Å². The molecule has 1 amide bonds. The van der Waals surface area contributed by atoms with E-state index >= 15 is 0 Å². The van der Waals surface area contributed by atoms with Crippen LogP contribution < -0.4 is 10.6 Å². The summed E-state index contributed by atoms with van der Waals surface area (Å²) >= 11 is 0. The Bertz CT molecular complexity index is 348. The molecule has 1 unspecified atom stereocenters. The maximum atomic E-state index is 11.9. The first-order chi connectivity index (χ1) is 6.83. The molecular formula is C11H14N2O. The van der Waals surface area contributed by atoms with Gasteiger partial charge < -0.3 is 10.6 Å². The van der Waals surface area contributed by atoms with Crippen LogP contribution in [0.25, 0.3) is 0 Å². The van der Waals surface area contributed by atoms with Crippen molar-refractivity contribution in [2.24, 2.45) is 5.41 Å². The summed E-state index contributed by atoms with van der Waals surface area (Å²) < 4.78 is 0. The van der Waals surface area contributed by atoms with Crippen LogP contribution in [0.2, 0.25) is 0 Å². The highest BCUT2D eigenvalue weighted by molar-refractivity contribution is 5.94. The Morgan fingerprint density at radius 3 is 2.93 bits per heavy atom. The number of fused-ring (bicyclic) bond motifs is 2. The molecule has 14 heavy (non-hydrogen) atoms. The lowest BCUT2D eigenvalue weighted by Gasteiger charge is -2.21. The van der Waals surface area contributed by atoms with Crippen molar-refractivity contribution in [3.8, 4) is 0 Å². The van der Waals surface area contributed by atoms with Gasteiger partial charge in [-0.25, -0.2) is 0 Å². The highest BCUT2D eigenvalue weighted by Gasteiger charge is 2.50. The van der Waals surface area contributed by atoms with Gasteiger partial charge in [-0.3, -0.25) is 4.79 Å². The molecule has 0 radical (unpaired) electrons. The van der Waals surface area contributed by atoms with Gasteiger partial charge in [0.15, 0.2) is 0 Å². The summed E-state index contributed by atoms with van der Waals surface area (Å²) in [6.07, 6.45) is 7.47. The van der Waals surface area contributed by atoms with Crippen molar-refractivity contribution in [2.75, 3.05) is 13.1 Å². The van der Waals surface area contributed by atoms with Crippen molar-refractivity contribution in [1.29, 1.82) is 0 Å². The molecule has 0 aromatic rings. The third-order valence-electron chi connectivity index (χ3n) is 3.51. The predicted molar refractivity (Wildman–Crippen MR) is 53.5 cm³/mol. The molecule has 2 fully saturated rings. The summed E-state index contributed by atoms with van der Waals surface area (Å²) in [6.45, 7) is 1.76. The van der Waals surface area contributed by atoms with E-state index in [9.17, 15) is 4.79 Å². The van der Waals surface area contributed by atoms with Crippen molar-refractivity contribution in [3.05, 3.63) is 23.4 Å². The second-order valence-electron chi connectivity index (χ2n) is 4.28. The molecule has 2 N–H and O–H groups in total. The lowest BCUT2D eigenvalue weighted by molar-refractivity contribution is -0.125. The minimum atomic E-state index is -0.230. The van der Waals surface area contributed by atoms with Gasteiger partial charge >= 0.3 is 0 Å². The third-order valence-corrected chi connectivity index (χ3v) is 3.51. The first-order valence-electron chi connectivity index (χ1n) is 5.26. The standard InChI is InChI=1S/C11H14N2O/c14-10-11(5-6-12-7-11)8-3-1-2-4-9(8)13-10/h3-4,12H,1-2,5-7H2,(H,13,14). The van der Waals surface area contributed by atoms with Crippen molar-refractivity contribution < 1.29 is 4.79 Å². The molecule has 2 heterocycles. The molecular weight excluding hydrogens is 176 g/mol. The molecule has 1 spiro atoms. The van der Waals surface area contributed by atoms with Gasteiger partial charge in [-0.15, -0.1) is 0 Å². The van der Waals surface area contributed by atoms with E-state index in [1.54, 1.807) is 0 Å². The minimum Gasteiger partial charge on any atom is -0.325 e. The summed E-state index contributed by atoms with van der Waals surface area (Å²) in [5, 5.41) is 6.29. The normalized spacial score (nSPS) is 35.3. The quantitative estimate of drug-likeness (QED) is 0.590. The van der Waals surface area contributed by atoms with Crippen LogP contribution in [-0.4, -0.2) is 19.0 Å². The molecule has 0 aromatic carbocycles. The molecule has 0 bridgehead atoms. The second kappa shape index (κ2) is 2.70. The van der Waals surface area contributed by atoms with Crippen LogP contribution in [0.15, 0.2) is 23.4 Å². The largest absolute Gasteiger partial charge is 0.325 e. The SMILES string of the molecule is O=C1NC2=CCCC=C2C12CCNC2. The fourth-order valence-corrected chi connectivity index (χ4v) is 2.73. The van der Waals surface area contributed by atoms with E-state index in [2.05, 4.69) is 22.8 Å². The van der Waals surface area contributed by atoms with Gasteiger partial charge in [0.05, 0.1) is 5.41 Å². The molecule has 2 aliphatic heterocycles. The van der Waals surface area contributed by atoms with Crippen LogP contribution in [0.4, 0.5) is 0 Å². The number of carbonyl (C=O) groups is 1. The highest BCUT2D eigenvalue weighted by Crippen LogP contribution is 2.44. The molecule has 0 aromatic heterocycles. The number of amides is 1. The molecule has 3 nitrogen and oxygen atoms in total. The fraction of sp³-hybridized carbons (Fsp3) is 0.545. The van der Waals surface area contributed by atoms with E-state index in [1.165, 1.54) is 5.57 Å². The van der Waals surface area contributed by atoms with E-state index in [0.717, 1.165) is 38.0 Å². The first kappa shape index (κ1) is 8.24. The van der Waals surface area contributed by atoms with E-state index in [0.29, 0.717) is 0 Å². The third kappa shape index (κ3) is 0.879. The molecule has 3 rings (SSSR count). The Labute approximate surface area is 83.3 Å². The van der Waals surface area contributed by atoms with Crippen LogP contribution in [0.5, 0.6) is 0 Å². The van der Waals surface area contributed by atoms with Gasteiger partial charge in [0.2, 0.25) is 5.91 Å². The summed E-state index contributed by atoms with van der Waals surface area (Å²) in [4.78, 5) is 11.9. The molecule has 1 aliphatic carbocycles. The number of allylic oxidation sites excluding steroid dienone is 3. The maximum absolute atomic E-state index is 11.9. The Morgan fingerprint density at radius 2 is 2.14 bits per heavy atom. The average Bonchev–Trinajstić information content (AvgIpc) is 2.77. The number of nitrogens with one attached hydrogen (secondary N) is 2. The second-order valence-corrected chi connectivity index (χ2v) is 4.28. The van der Waals surface area contributed by atoms with Gasteiger partial charge in [0.25, 0.3) is 0 Å². The molecule has 0 saturated carbocycles. The number of carbonyl (C=O) groups excluding carboxylic acids is 1. The Hall–Kier alpha value is -1.09. The molecule has 1 atom stereocenters. The van der Waals surface area contributed by atoms with Crippen molar-refractivity contribution in [3.63, 3.8) is 0 Å². The number of rotatable bonds is 0. The Balaban J connectivity index is 2.09. The van der Waals surface area contributed by atoms with Crippen molar-refractivity contribution in [1.82, 2.24) is 10.6 Å². The van der Waals surface area contributed by atoms with Crippen LogP contribution in [-0.2, 0) is 4.79 Å². The van der Waals surface area contributed by atoms with Crippen molar-refractivity contribution >= 4 is 5.91 Å². The lowest BCUT2D eigenvalue weighted by Crippen LogP contribution is -2.33. The molecule has 2 saturated heterocycles. The van der Waals surface area contributed by atoms with Crippen molar-refractivity contribution in [2.45, 2.75) is 19.3 Å². The highest BCUT2D eigenvalue weighted by atomic mass is 16.2. The zero-order chi connectivity index (χ0) is 9.60. The van der Waals surface area contributed by atoms with Gasteiger partial charge in [0.1, 0.15) is 0 Å². The smallest absolute Gasteiger partial charge is 0.236 e. The molecule has 3 heteroatoms.